The van der Waals surface area contributed by atoms with E-state index < -0.39 is 0 Å². The fourth-order valence-corrected chi connectivity index (χ4v) is 1.95. The lowest BCUT2D eigenvalue weighted by atomic mass is 10.1. The van der Waals surface area contributed by atoms with E-state index in [9.17, 15) is 0 Å². The second-order valence-corrected chi connectivity index (χ2v) is 4.81. The van der Waals surface area contributed by atoms with Crippen molar-refractivity contribution in [3.63, 3.8) is 0 Å². The van der Waals surface area contributed by atoms with Gasteiger partial charge in [-0.1, -0.05) is 23.8 Å². The minimum atomic E-state index is 0.328. The number of nitrogens with one attached hydrogen (secondary N) is 1. The van der Waals surface area contributed by atoms with E-state index >= 15 is 0 Å². The van der Waals surface area contributed by atoms with Crippen molar-refractivity contribution in [1.29, 1.82) is 0 Å². The SMILES string of the molecule is CNC(C=C(C)C)c1cccc(I)c1. The van der Waals surface area contributed by atoms with Gasteiger partial charge in [0, 0.05) is 3.57 Å². The first-order valence-corrected chi connectivity index (χ1v) is 5.79. The van der Waals surface area contributed by atoms with Crippen LogP contribution in [0.25, 0.3) is 0 Å². The molecule has 0 radical (unpaired) electrons. The number of halogens is 1. The summed E-state index contributed by atoms with van der Waals surface area (Å²) in [5.74, 6) is 0. The number of likely N-dealkylation sites (N-methyl/N-ethyl adjacent to an activating group) is 1. The van der Waals surface area contributed by atoms with E-state index in [1.807, 2.05) is 7.05 Å². The highest BCUT2D eigenvalue weighted by Gasteiger charge is 2.05. The van der Waals surface area contributed by atoms with E-state index in [0.717, 1.165) is 0 Å². The molecule has 0 heterocycles. The van der Waals surface area contributed by atoms with Crippen molar-refractivity contribution in [2.45, 2.75) is 19.9 Å². The lowest BCUT2D eigenvalue weighted by molar-refractivity contribution is 0.709. The molecule has 0 saturated carbocycles. The van der Waals surface area contributed by atoms with Gasteiger partial charge in [-0.15, -0.1) is 0 Å². The zero-order valence-electron chi connectivity index (χ0n) is 8.84. The van der Waals surface area contributed by atoms with Crippen molar-refractivity contribution < 1.29 is 0 Å². The van der Waals surface area contributed by atoms with Crippen molar-refractivity contribution in [1.82, 2.24) is 5.32 Å². The van der Waals surface area contributed by atoms with Gasteiger partial charge in [0.15, 0.2) is 0 Å². The fraction of sp³-hybridized carbons (Fsp3) is 0.333. The molecule has 1 aromatic carbocycles. The first kappa shape index (κ1) is 11.7. The quantitative estimate of drug-likeness (QED) is 0.665. The highest BCUT2D eigenvalue weighted by molar-refractivity contribution is 14.1. The van der Waals surface area contributed by atoms with Crippen LogP contribution in [0.2, 0.25) is 0 Å². The van der Waals surface area contributed by atoms with Crippen molar-refractivity contribution >= 4 is 22.6 Å². The first-order valence-electron chi connectivity index (χ1n) is 4.71. The standard InChI is InChI=1S/C12H16IN/c1-9(2)7-12(14-3)10-5-4-6-11(13)8-10/h4-8,12,14H,1-3H3. The molecular formula is C12H16IN. The summed E-state index contributed by atoms with van der Waals surface area (Å²) < 4.78 is 1.28. The maximum Gasteiger partial charge on any atom is 0.0506 e. The van der Waals surface area contributed by atoms with Gasteiger partial charge >= 0.3 is 0 Å². The predicted octanol–water partition coefficient (Wildman–Crippen LogP) is 3.52. The van der Waals surface area contributed by atoms with Crippen LogP contribution in [-0.4, -0.2) is 7.05 Å². The topological polar surface area (TPSA) is 12.0 Å². The highest BCUT2D eigenvalue weighted by atomic mass is 127. The third kappa shape index (κ3) is 3.42. The van der Waals surface area contributed by atoms with Gasteiger partial charge in [0.1, 0.15) is 0 Å². The molecule has 1 unspecified atom stereocenters. The Balaban J connectivity index is 2.95. The highest BCUT2D eigenvalue weighted by Crippen LogP contribution is 2.17. The Morgan fingerprint density at radius 1 is 1.43 bits per heavy atom. The molecule has 0 aliphatic heterocycles. The largest absolute Gasteiger partial charge is 0.310 e. The molecular weight excluding hydrogens is 285 g/mol. The molecule has 1 N–H and O–H groups in total. The summed E-state index contributed by atoms with van der Waals surface area (Å²) in [4.78, 5) is 0. The minimum Gasteiger partial charge on any atom is -0.310 e. The summed E-state index contributed by atoms with van der Waals surface area (Å²) >= 11 is 2.34. The first-order chi connectivity index (χ1) is 6.63. The summed E-state index contributed by atoms with van der Waals surface area (Å²) in [5, 5.41) is 3.30. The molecule has 0 aliphatic carbocycles. The fourth-order valence-electron chi connectivity index (χ4n) is 1.38. The van der Waals surface area contributed by atoms with Crippen LogP contribution in [0.1, 0.15) is 25.5 Å². The molecule has 1 aromatic rings. The van der Waals surface area contributed by atoms with Crippen LogP contribution in [0.3, 0.4) is 0 Å². The van der Waals surface area contributed by atoms with Gasteiger partial charge in [0.05, 0.1) is 6.04 Å². The number of benzene rings is 1. The molecule has 0 spiro atoms. The van der Waals surface area contributed by atoms with Crippen LogP contribution in [0, 0.1) is 3.57 Å². The van der Waals surface area contributed by atoms with E-state index in [0.29, 0.717) is 6.04 Å². The number of hydrogen-bond acceptors (Lipinski definition) is 1. The van der Waals surface area contributed by atoms with E-state index in [4.69, 9.17) is 0 Å². The average molecular weight is 301 g/mol. The molecule has 1 rings (SSSR count). The monoisotopic (exact) mass is 301 g/mol. The van der Waals surface area contributed by atoms with Crippen molar-refractivity contribution in [2.24, 2.45) is 0 Å². The van der Waals surface area contributed by atoms with Crippen LogP contribution in [-0.2, 0) is 0 Å². The summed E-state index contributed by atoms with van der Waals surface area (Å²) in [6, 6.07) is 8.90. The van der Waals surface area contributed by atoms with Gasteiger partial charge in [-0.05, 0) is 61.2 Å². The van der Waals surface area contributed by atoms with Gasteiger partial charge < -0.3 is 5.32 Å². The van der Waals surface area contributed by atoms with Crippen LogP contribution in [0.5, 0.6) is 0 Å². The second-order valence-electron chi connectivity index (χ2n) is 3.57. The third-order valence-electron chi connectivity index (χ3n) is 2.02. The summed E-state index contributed by atoms with van der Waals surface area (Å²) in [7, 11) is 1.99. The smallest absolute Gasteiger partial charge is 0.0506 e. The molecule has 1 atom stereocenters. The second kappa shape index (κ2) is 5.51. The molecule has 0 saturated heterocycles. The predicted molar refractivity (Wildman–Crippen MR) is 70.4 cm³/mol. The minimum absolute atomic E-state index is 0.328. The summed E-state index contributed by atoms with van der Waals surface area (Å²) in [6.07, 6.45) is 2.24. The Labute approximate surface area is 99.7 Å². The number of allylic oxidation sites excluding steroid dienone is 1. The normalized spacial score (nSPS) is 12.3. The van der Waals surface area contributed by atoms with Gasteiger partial charge in [0.25, 0.3) is 0 Å². The maximum atomic E-state index is 3.30. The van der Waals surface area contributed by atoms with Crippen molar-refractivity contribution in [3.8, 4) is 0 Å². The van der Waals surface area contributed by atoms with Crippen LogP contribution >= 0.6 is 22.6 Å². The summed E-state index contributed by atoms with van der Waals surface area (Å²) in [6.45, 7) is 4.25. The van der Waals surface area contributed by atoms with Crippen LogP contribution < -0.4 is 5.32 Å². The van der Waals surface area contributed by atoms with E-state index in [1.54, 1.807) is 0 Å². The van der Waals surface area contributed by atoms with Gasteiger partial charge in [0.2, 0.25) is 0 Å². The van der Waals surface area contributed by atoms with Gasteiger partial charge in [-0.2, -0.15) is 0 Å². The average Bonchev–Trinajstić information content (AvgIpc) is 2.14. The molecule has 0 aliphatic rings. The Bertz CT molecular complexity index is 327. The van der Waals surface area contributed by atoms with E-state index in [1.165, 1.54) is 14.7 Å². The lowest BCUT2D eigenvalue weighted by Crippen LogP contribution is -2.14. The van der Waals surface area contributed by atoms with Crippen molar-refractivity contribution in [3.05, 3.63) is 45.0 Å². The zero-order valence-corrected chi connectivity index (χ0v) is 11.0. The Morgan fingerprint density at radius 3 is 2.64 bits per heavy atom. The molecule has 0 aromatic heterocycles. The lowest BCUT2D eigenvalue weighted by Gasteiger charge is -2.13. The molecule has 1 nitrogen and oxygen atoms in total. The van der Waals surface area contributed by atoms with Crippen LogP contribution in [0.15, 0.2) is 35.9 Å². The Kier molecular flexibility index (Phi) is 4.62. The zero-order chi connectivity index (χ0) is 10.6. The maximum absolute atomic E-state index is 3.30. The number of rotatable bonds is 3. The van der Waals surface area contributed by atoms with E-state index in [2.05, 4.69) is 72.1 Å². The molecule has 0 bridgehead atoms. The molecule has 0 amide bonds. The number of hydrogen-bond donors (Lipinski definition) is 1. The van der Waals surface area contributed by atoms with Gasteiger partial charge in [-0.25, -0.2) is 0 Å². The van der Waals surface area contributed by atoms with Gasteiger partial charge in [-0.3, -0.25) is 0 Å². The van der Waals surface area contributed by atoms with Crippen LogP contribution in [0.4, 0.5) is 0 Å². The summed E-state index contributed by atoms with van der Waals surface area (Å²) in [5.41, 5.74) is 2.66. The van der Waals surface area contributed by atoms with Crippen molar-refractivity contribution in [2.75, 3.05) is 7.05 Å². The molecule has 76 valence electrons. The Morgan fingerprint density at radius 2 is 2.14 bits per heavy atom. The Hall–Kier alpha value is -0.350. The molecule has 14 heavy (non-hydrogen) atoms. The molecule has 2 heteroatoms. The van der Waals surface area contributed by atoms with E-state index in [-0.39, 0.29) is 0 Å². The third-order valence-corrected chi connectivity index (χ3v) is 2.69. The molecule has 0 fully saturated rings.